The van der Waals surface area contributed by atoms with Gasteiger partial charge in [0.25, 0.3) is 0 Å². The SMILES string of the molecule is CC1OCCC1c1nncn1C(C)C. The maximum atomic E-state index is 5.54. The maximum absolute atomic E-state index is 5.54. The average Bonchev–Trinajstić information content (AvgIpc) is 2.70. The molecule has 2 atom stereocenters. The molecule has 1 aliphatic rings. The van der Waals surface area contributed by atoms with Gasteiger partial charge < -0.3 is 9.30 Å². The molecule has 4 nitrogen and oxygen atoms in total. The zero-order valence-corrected chi connectivity index (χ0v) is 8.97. The third kappa shape index (κ3) is 1.54. The van der Waals surface area contributed by atoms with Gasteiger partial charge in [0.1, 0.15) is 12.2 Å². The summed E-state index contributed by atoms with van der Waals surface area (Å²) in [6.07, 6.45) is 3.15. The lowest BCUT2D eigenvalue weighted by atomic mass is 10.0. The monoisotopic (exact) mass is 195 g/mol. The summed E-state index contributed by atoms with van der Waals surface area (Å²) in [4.78, 5) is 0. The second-order valence-corrected chi connectivity index (χ2v) is 4.16. The first-order valence-corrected chi connectivity index (χ1v) is 5.21. The first-order chi connectivity index (χ1) is 6.70. The Morgan fingerprint density at radius 3 is 2.93 bits per heavy atom. The molecule has 78 valence electrons. The lowest BCUT2D eigenvalue weighted by molar-refractivity contribution is 0.116. The van der Waals surface area contributed by atoms with Crippen LogP contribution >= 0.6 is 0 Å². The number of aromatic nitrogens is 3. The van der Waals surface area contributed by atoms with Crippen LogP contribution in [0.2, 0.25) is 0 Å². The molecule has 2 heterocycles. The Labute approximate surface area is 84.3 Å². The van der Waals surface area contributed by atoms with Gasteiger partial charge >= 0.3 is 0 Å². The van der Waals surface area contributed by atoms with E-state index < -0.39 is 0 Å². The molecule has 0 spiro atoms. The molecule has 0 saturated carbocycles. The van der Waals surface area contributed by atoms with Crippen LogP contribution in [0.5, 0.6) is 0 Å². The Hall–Kier alpha value is -0.900. The molecule has 0 amide bonds. The fraction of sp³-hybridized carbons (Fsp3) is 0.800. The maximum Gasteiger partial charge on any atom is 0.138 e. The number of ether oxygens (including phenoxy) is 1. The molecule has 0 radical (unpaired) electrons. The zero-order chi connectivity index (χ0) is 10.1. The highest BCUT2D eigenvalue weighted by Crippen LogP contribution is 2.30. The van der Waals surface area contributed by atoms with E-state index in [1.807, 2.05) is 6.33 Å². The summed E-state index contributed by atoms with van der Waals surface area (Å²) in [7, 11) is 0. The van der Waals surface area contributed by atoms with Gasteiger partial charge in [-0.05, 0) is 27.2 Å². The quantitative estimate of drug-likeness (QED) is 0.721. The normalized spacial score (nSPS) is 27.4. The van der Waals surface area contributed by atoms with Crippen LogP contribution in [0.15, 0.2) is 6.33 Å². The fourth-order valence-electron chi connectivity index (χ4n) is 1.99. The van der Waals surface area contributed by atoms with E-state index in [4.69, 9.17) is 4.74 Å². The molecule has 2 rings (SSSR count). The number of nitrogens with zero attached hydrogens (tertiary/aromatic N) is 3. The van der Waals surface area contributed by atoms with Crippen molar-refractivity contribution in [1.82, 2.24) is 14.8 Å². The second kappa shape index (κ2) is 3.69. The van der Waals surface area contributed by atoms with E-state index in [-0.39, 0.29) is 6.10 Å². The van der Waals surface area contributed by atoms with Crippen molar-refractivity contribution in [1.29, 1.82) is 0 Å². The van der Waals surface area contributed by atoms with Gasteiger partial charge in [-0.3, -0.25) is 0 Å². The third-order valence-electron chi connectivity index (χ3n) is 2.86. The van der Waals surface area contributed by atoms with Crippen molar-refractivity contribution >= 4 is 0 Å². The molecule has 2 unspecified atom stereocenters. The molecule has 0 aromatic carbocycles. The molecule has 0 N–H and O–H groups in total. The minimum atomic E-state index is 0.275. The number of rotatable bonds is 2. The van der Waals surface area contributed by atoms with E-state index >= 15 is 0 Å². The highest BCUT2D eigenvalue weighted by molar-refractivity contribution is 5.02. The minimum absolute atomic E-state index is 0.275. The Balaban J connectivity index is 2.26. The predicted molar refractivity (Wildman–Crippen MR) is 53.2 cm³/mol. The van der Waals surface area contributed by atoms with E-state index in [0.717, 1.165) is 18.9 Å². The molecular formula is C10H17N3O. The van der Waals surface area contributed by atoms with E-state index in [2.05, 4.69) is 35.5 Å². The molecule has 4 heteroatoms. The first kappa shape index (κ1) is 9.65. The highest BCUT2D eigenvalue weighted by atomic mass is 16.5. The average molecular weight is 195 g/mol. The van der Waals surface area contributed by atoms with E-state index in [0.29, 0.717) is 12.0 Å². The van der Waals surface area contributed by atoms with Crippen LogP contribution < -0.4 is 0 Å². The van der Waals surface area contributed by atoms with Gasteiger partial charge in [-0.2, -0.15) is 0 Å². The van der Waals surface area contributed by atoms with Crippen molar-refractivity contribution in [3.63, 3.8) is 0 Å². The first-order valence-electron chi connectivity index (χ1n) is 5.21. The van der Waals surface area contributed by atoms with Gasteiger partial charge in [-0.1, -0.05) is 0 Å². The Kier molecular flexibility index (Phi) is 2.54. The van der Waals surface area contributed by atoms with Crippen LogP contribution in [0, 0.1) is 0 Å². The van der Waals surface area contributed by atoms with Gasteiger partial charge in [0, 0.05) is 18.6 Å². The second-order valence-electron chi connectivity index (χ2n) is 4.16. The summed E-state index contributed by atoms with van der Waals surface area (Å²) in [5.74, 6) is 1.49. The summed E-state index contributed by atoms with van der Waals surface area (Å²) in [6, 6.07) is 0.424. The van der Waals surface area contributed by atoms with Gasteiger partial charge in [0.2, 0.25) is 0 Å². The Bertz CT molecular complexity index is 308. The minimum Gasteiger partial charge on any atom is -0.378 e. The van der Waals surface area contributed by atoms with E-state index in [1.165, 1.54) is 0 Å². The lowest BCUT2D eigenvalue weighted by Gasteiger charge is -2.16. The smallest absolute Gasteiger partial charge is 0.138 e. The Morgan fingerprint density at radius 1 is 1.57 bits per heavy atom. The van der Waals surface area contributed by atoms with Gasteiger partial charge in [0.05, 0.1) is 6.10 Å². The van der Waals surface area contributed by atoms with E-state index in [9.17, 15) is 0 Å². The van der Waals surface area contributed by atoms with Crippen molar-refractivity contribution in [3.05, 3.63) is 12.2 Å². The van der Waals surface area contributed by atoms with Crippen LogP contribution in [0.3, 0.4) is 0 Å². The molecule has 1 aliphatic heterocycles. The molecule has 1 saturated heterocycles. The zero-order valence-electron chi connectivity index (χ0n) is 8.97. The summed E-state index contributed by atoms with van der Waals surface area (Å²) in [6.45, 7) is 7.24. The van der Waals surface area contributed by atoms with Crippen LogP contribution in [-0.2, 0) is 4.74 Å². The largest absolute Gasteiger partial charge is 0.378 e. The Morgan fingerprint density at radius 2 is 2.36 bits per heavy atom. The molecular weight excluding hydrogens is 178 g/mol. The lowest BCUT2D eigenvalue weighted by Crippen LogP contribution is -2.16. The standard InChI is InChI=1S/C10H17N3O/c1-7(2)13-6-11-12-10(13)9-4-5-14-8(9)3/h6-9H,4-5H2,1-3H3. The number of hydrogen-bond donors (Lipinski definition) is 0. The van der Waals surface area contributed by atoms with Crippen LogP contribution in [0.1, 0.15) is 45.0 Å². The topological polar surface area (TPSA) is 39.9 Å². The van der Waals surface area contributed by atoms with Crippen molar-refractivity contribution in [3.8, 4) is 0 Å². The summed E-state index contributed by atoms with van der Waals surface area (Å²) < 4.78 is 7.68. The third-order valence-corrected chi connectivity index (χ3v) is 2.86. The van der Waals surface area contributed by atoms with Crippen molar-refractivity contribution in [2.45, 2.75) is 45.3 Å². The van der Waals surface area contributed by atoms with Crippen molar-refractivity contribution in [2.24, 2.45) is 0 Å². The van der Waals surface area contributed by atoms with E-state index in [1.54, 1.807) is 0 Å². The number of hydrogen-bond acceptors (Lipinski definition) is 3. The van der Waals surface area contributed by atoms with Crippen LogP contribution in [0.4, 0.5) is 0 Å². The highest BCUT2D eigenvalue weighted by Gasteiger charge is 2.30. The van der Waals surface area contributed by atoms with Gasteiger partial charge in [0.15, 0.2) is 0 Å². The molecule has 1 aromatic heterocycles. The predicted octanol–water partition coefficient (Wildman–Crippen LogP) is 1.75. The summed E-state index contributed by atoms with van der Waals surface area (Å²) in [5.41, 5.74) is 0. The fourth-order valence-corrected chi connectivity index (χ4v) is 1.99. The van der Waals surface area contributed by atoms with Gasteiger partial charge in [-0.15, -0.1) is 10.2 Å². The molecule has 14 heavy (non-hydrogen) atoms. The molecule has 1 fully saturated rings. The van der Waals surface area contributed by atoms with Crippen LogP contribution in [0.25, 0.3) is 0 Å². The summed E-state index contributed by atoms with van der Waals surface area (Å²) in [5, 5.41) is 8.18. The van der Waals surface area contributed by atoms with Crippen LogP contribution in [-0.4, -0.2) is 27.5 Å². The molecule has 0 aliphatic carbocycles. The van der Waals surface area contributed by atoms with Crippen molar-refractivity contribution < 1.29 is 4.74 Å². The molecule has 0 bridgehead atoms. The van der Waals surface area contributed by atoms with Crippen molar-refractivity contribution in [2.75, 3.05) is 6.61 Å². The molecule has 1 aromatic rings. The van der Waals surface area contributed by atoms with Gasteiger partial charge in [-0.25, -0.2) is 0 Å². The summed E-state index contributed by atoms with van der Waals surface area (Å²) >= 11 is 0.